The summed E-state index contributed by atoms with van der Waals surface area (Å²) >= 11 is 0. The smallest absolute Gasteiger partial charge is 0.147 e. The van der Waals surface area contributed by atoms with Crippen LogP contribution in [-0.2, 0) is 0 Å². The molecule has 0 radical (unpaired) electrons. The third-order valence-electron chi connectivity index (χ3n) is 6.78. The second-order valence-corrected chi connectivity index (χ2v) is 14.2. The first-order valence-corrected chi connectivity index (χ1v) is 16.6. The first-order chi connectivity index (χ1) is 14.2. The number of hydrogen-bond donors (Lipinski definition) is 1. The fraction of sp³-hybridized carbons (Fsp3) is 1.00. The Morgan fingerprint density at radius 2 is 0.700 bits per heavy atom. The Hall–Kier alpha value is 0.680. The summed E-state index contributed by atoms with van der Waals surface area (Å²) in [4.78, 5) is 0. The third kappa shape index (κ3) is 20.6. The molecule has 0 heterocycles. The van der Waals surface area contributed by atoms with Crippen molar-refractivity contribution in [3.63, 3.8) is 0 Å². The van der Waals surface area contributed by atoms with Gasteiger partial charge in [-0.15, -0.1) is 12.4 Å². The van der Waals surface area contributed by atoms with Crippen LogP contribution in [0, 0.1) is 0 Å². The number of halogens is 1. The van der Waals surface area contributed by atoms with Gasteiger partial charge in [0, 0.05) is 0 Å². The van der Waals surface area contributed by atoms with Gasteiger partial charge in [0.1, 0.15) is 0 Å². The standard InChI is InChI=1S/C27H60NP.ClH/c1-5-9-12-15-18-21-25-29(28-24-8-4,26-22-19-16-13-10-6-2)27-23-20-17-14-11-7-3;/h28-29H,5-27H2,1-4H3;1H. The second kappa shape index (κ2) is 25.9. The molecule has 30 heavy (non-hydrogen) atoms. The van der Waals surface area contributed by atoms with E-state index in [2.05, 4.69) is 32.8 Å². The number of nitrogens with one attached hydrogen (secondary N) is 1. The van der Waals surface area contributed by atoms with Gasteiger partial charge in [0.05, 0.1) is 0 Å². The van der Waals surface area contributed by atoms with Crippen LogP contribution < -0.4 is 5.09 Å². The number of unbranched alkanes of at least 4 members (excludes halogenated alkanes) is 15. The third-order valence-corrected chi connectivity index (χ3v) is 11.7. The molecule has 0 atom stereocenters. The van der Waals surface area contributed by atoms with Crippen molar-refractivity contribution in [3.8, 4) is 0 Å². The summed E-state index contributed by atoms with van der Waals surface area (Å²) in [5, 5.41) is 4.23. The first kappa shape index (κ1) is 32.9. The summed E-state index contributed by atoms with van der Waals surface area (Å²) in [6, 6.07) is 0. The predicted octanol–water partition coefficient (Wildman–Crippen LogP) is 10.2. The predicted molar refractivity (Wildman–Crippen MR) is 149 cm³/mol. The maximum Gasteiger partial charge on any atom is -0.147 e. The molecule has 0 unspecified atom stereocenters. The van der Waals surface area contributed by atoms with Gasteiger partial charge >= 0.3 is 187 Å². The summed E-state index contributed by atoms with van der Waals surface area (Å²) in [5.74, 6) is 0. The van der Waals surface area contributed by atoms with Crippen LogP contribution in [0.5, 0.6) is 0 Å². The van der Waals surface area contributed by atoms with Crippen LogP contribution in [0.25, 0.3) is 0 Å². The zero-order chi connectivity index (χ0) is 21.5. The molecule has 0 bridgehead atoms. The average molecular weight is 466 g/mol. The van der Waals surface area contributed by atoms with Crippen LogP contribution in [0.2, 0.25) is 0 Å². The molecule has 0 spiro atoms. The molecule has 186 valence electrons. The second-order valence-electron chi connectivity index (χ2n) is 9.76. The van der Waals surface area contributed by atoms with E-state index < -0.39 is 7.41 Å². The van der Waals surface area contributed by atoms with Gasteiger partial charge in [0.2, 0.25) is 0 Å². The Morgan fingerprint density at radius 1 is 0.400 bits per heavy atom. The Labute approximate surface area is 199 Å². The van der Waals surface area contributed by atoms with Gasteiger partial charge in [-0.05, 0) is 0 Å². The van der Waals surface area contributed by atoms with Crippen LogP contribution in [-0.4, -0.2) is 25.0 Å². The van der Waals surface area contributed by atoms with Crippen molar-refractivity contribution in [2.45, 2.75) is 150 Å². The molecule has 0 amide bonds. The topological polar surface area (TPSA) is 12.0 Å². The molecule has 1 nitrogen and oxygen atoms in total. The molecule has 0 saturated carbocycles. The zero-order valence-electron chi connectivity index (χ0n) is 21.7. The van der Waals surface area contributed by atoms with Gasteiger partial charge in [0.25, 0.3) is 0 Å². The zero-order valence-corrected chi connectivity index (χ0v) is 23.5. The normalized spacial score (nSPS) is 12.1. The van der Waals surface area contributed by atoms with Crippen LogP contribution in [0.1, 0.15) is 150 Å². The van der Waals surface area contributed by atoms with Crippen molar-refractivity contribution >= 4 is 19.8 Å². The molecule has 0 aliphatic rings. The largest absolute Gasteiger partial charge is 0.147 e. The van der Waals surface area contributed by atoms with Crippen molar-refractivity contribution in [3.05, 3.63) is 0 Å². The summed E-state index contributed by atoms with van der Waals surface area (Å²) in [7, 11) is -1.27. The van der Waals surface area contributed by atoms with E-state index in [1.54, 1.807) is 18.5 Å². The molecule has 0 saturated heterocycles. The van der Waals surface area contributed by atoms with Gasteiger partial charge in [-0.2, -0.15) is 0 Å². The average Bonchev–Trinajstić information content (AvgIpc) is 2.74. The molecule has 1 N–H and O–H groups in total. The van der Waals surface area contributed by atoms with Gasteiger partial charge in [-0.25, -0.2) is 0 Å². The quantitative estimate of drug-likeness (QED) is 0.110. The molecule has 0 aliphatic carbocycles. The van der Waals surface area contributed by atoms with E-state index in [9.17, 15) is 0 Å². The summed E-state index contributed by atoms with van der Waals surface area (Å²) in [5.41, 5.74) is 0. The minimum atomic E-state index is -1.27. The van der Waals surface area contributed by atoms with E-state index >= 15 is 0 Å². The van der Waals surface area contributed by atoms with Crippen LogP contribution in [0.4, 0.5) is 0 Å². The van der Waals surface area contributed by atoms with Crippen molar-refractivity contribution in [2.24, 2.45) is 0 Å². The van der Waals surface area contributed by atoms with Crippen LogP contribution in [0.3, 0.4) is 0 Å². The molecule has 3 heteroatoms. The molecule has 0 rings (SSSR count). The van der Waals surface area contributed by atoms with E-state index in [0.29, 0.717) is 0 Å². The Bertz CT molecular complexity index is 270. The van der Waals surface area contributed by atoms with E-state index in [-0.39, 0.29) is 12.4 Å². The van der Waals surface area contributed by atoms with Crippen molar-refractivity contribution in [2.75, 3.05) is 25.0 Å². The molecule has 0 aliphatic heterocycles. The Balaban J connectivity index is 0. The number of hydrogen-bond acceptors (Lipinski definition) is 1. The van der Waals surface area contributed by atoms with Crippen molar-refractivity contribution in [1.82, 2.24) is 5.09 Å². The molecular formula is C27H61ClNP. The van der Waals surface area contributed by atoms with Crippen molar-refractivity contribution in [1.29, 1.82) is 0 Å². The van der Waals surface area contributed by atoms with Gasteiger partial charge < -0.3 is 0 Å². The molecule has 0 aromatic heterocycles. The van der Waals surface area contributed by atoms with E-state index in [1.807, 2.05) is 0 Å². The summed E-state index contributed by atoms with van der Waals surface area (Å²) < 4.78 is 0. The summed E-state index contributed by atoms with van der Waals surface area (Å²) in [6.45, 7) is 10.6. The van der Waals surface area contributed by atoms with E-state index in [1.165, 1.54) is 129 Å². The summed E-state index contributed by atoms with van der Waals surface area (Å²) in [6.07, 6.45) is 32.1. The molecule has 0 aromatic rings. The van der Waals surface area contributed by atoms with Crippen molar-refractivity contribution < 1.29 is 0 Å². The maximum absolute atomic E-state index is 4.23. The van der Waals surface area contributed by atoms with E-state index in [4.69, 9.17) is 0 Å². The van der Waals surface area contributed by atoms with Gasteiger partial charge in [-0.3, -0.25) is 0 Å². The fourth-order valence-electron chi connectivity index (χ4n) is 4.76. The fourth-order valence-corrected chi connectivity index (χ4v) is 9.60. The monoisotopic (exact) mass is 465 g/mol. The SMILES string of the molecule is CCCCCCCC[PH](CCCCCCCC)(CCCCCCCC)NCCC.Cl. The maximum atomic E-state index is 4.23. The minimum Gasteiger partial charge on any atom is -0.147 e. The molecule has 0 aromatic carbocycles. The molecular weight excluding hydrogens is 405 g/mol. The van der Waals surface area contributed by atoms with Crippen LogP contribution in [0.15, 0.2) is 0 Å². The minimum absolute atomic E-state index is 0. The van der Waals surface area contributed by atoms with Gasteiger partial charge in [0.15, 0.2) is 0 Å². The number of rotatable bonds is 24. The Kier molecular flexibility index (Phi) is 28.4. The first-order valence-electron chi connectivity index (χ1n) is 14.0. The molecule has 0 fully saturated rings. The van der Waals surface area contributed by atoms with Gasteiger partial charge in [-0.1, -0.05) is 0 Å². The van der Waals surface area contributed by atoms with Crippen LogP contribution >= 0.6 is 19.8 Å². The van der Waals surface area contributed by atoms with E-state index in [0.717, 1.165) is 0 Å². The Morgan fingerprint density at radius 3 is 1.00 bits per heavy atom.